The molecule has 0 fully saturated rings. The first kappa shape index (κ1) is 16.3. The molecule has 104 valence electrons. The van der Waals surface area contributed by atoms with Gasteiger partial charge in [0.2, 0.25) is 3.79 Å². The van der Waals surface area contributed by atoms with Crippen LogP contribution in [-0.4, -0.2) is 22.4 Å². The summed E-state index contributed by atoms with van der Waals surface area (Å²) in [7, 11) is 0. The third-order valence-corrected chi connectivity index (χ3v) is 3.00. The summed E-state index contributed by atoms with van der Waals surface area (Å²) >= 11 is 17.5. The van der Waals surface area contributed by atoms with Gasteiger partial charge in [0, 0.05) is 12.1 Å². The minimum atomic E-state index is -1.65. The quantitative estimate of drug-likeness (QED) is 0.497. The summed E-state index contributed by atoms with van der Waals surface area (Å²) in [6.45, 7) is 5.87. The number of alkyl halides is 3. The van der Waals surface area contributed by atoms with Crippen molar-refractivity contribution in [2.45, 2.75) is 16.9 Å². The molecule has 1 atom stereocenters. The third kappa shape index (κ3) is 5.41. The molecule has 1 rings (SSSR count). The van der Waals surface area contributed by atoms with Crippen LogP contribution >= 0.6 is 34.8 Å². The van der Waals surface area contributed by atoms with Crippen LogP contribution < -0.4 is 10.6 Å². The van der Waals surface area contributed by atoms with E-state index in [1.807, 2.05) is 13.0 Å². The highest BCUT2D eigenvalue weighted by Gasteiger charge is 2.33. The Balaban J connectivity index is 2.78. The second kappa shape index (κ2) is 7.15. The zero-order valence-electron chi connectivity index (χ0n) is 10.4. The van der Waals surface area contributed by atoms with Crippen LogP contribution in [0.4, 0.5) is 0 Å². The smallest absolute Gasteiger partial charge is 0.252 e. The molecule has 0 saturated heterocycles. The average molecular weight is 322 g/mol. The van der Waals surface area contributed by atoms with Crippen LogP contribution in [-0.2, 0) is 0 Å². The van der Waals surface area contributed by atoms with Crippen LogP contribution in [0.3, 0.4) is 0 Å². The normalized spacial score (nSPS) is 12.8. The van der Waals surface area contributed by atoms with Crippen LogP contribution in [0.25, 0.3) is 0 Å². The summed E-state index contributed by atoms with van der Waals surface area (Å²) in [6.07, 6.45) is 0.811. The second-order valence-electron chi connectivity index (χ2n) is 4.01. The Morgan fingerprint density at radius 1 is 1.47 bits per heavy atom. The van der Waals surface area contributed by atoms with Gasteiger partial charge in [0.05, 0.1) is 0 Å². The number of amides is 1. The molecule has 3 nitrogen and oxygen atoms in total. The number of benzene rings is 1. The van der Waals surface area contributed by atoms with E-state index >= 15 is 0 Å². The molecule has 0 radical (unpaired) electrons. The van der Waals surface area contributed by atoms with Gasteiger partial charge in [0.15, 0.2) is 0 Å². The Morgan fingerprint density at radius 2 is 2.16 bits per heavy atom. The summed E-state index contributed by atoms with van der Waals surface area (Å²) < 4.78 is -1.65. The topological polar surface area (TPSA) is 41.1 Å². The van der Waals surface area contributed by atoms with E-state index in [4.69, 9.17) is 34.8 Å². The number of carbonyl (C=O) groups is 1. The Hall–Kier alpha value is -0.740. The number of nitrogens with one attached hydrogen (secondary N) is 2. The minimum absolute atomic E-state index is 0.309. The van der Waals surface area contributed by atoms with Gasteiger partial charge in [-0.1, -0.05) is 58.6 Å². The molecule has 0 aliphatic carbocycles. The Morgan fingerprint density at radius 3 is 2.68 bits per heavy atom. The number of carbonyl (C=O) groups excluding carboxylic acids is 1. The van der Waals surface area contributed by atoms with Crippen molar-refractivity contribution in [2.24, 2.45) is 0 Å². The van der Waals surface area contributed by atoms with E-state index < -0.39 is 9.96 Å². The van der Waals surface area contributed by atoms with Gasteiger partial charge in [-0.3, -0.25) is 10.1 Å². The molecule has 0 aliphatic rings. The molecule has 0 saturated carbocycles. The number of rotatable bonds is 5. The van der Waals surface area contributed by atoms with Crippen LogP contribution in [0.15, 0.2) is 36.9 Å². The van der Waals surface area contributed by atoms with E-state index in [0.717, 1.165) is 5.56 Å². The number of halogens is 3. The second-order valence-corrected chi connectivity index (χ2v) is 6.38. The zero-order chi connectivity index (χ0) is 14.5. The van der Waals surface area contributed by atoms with E-state index in [9.17, 15) is 4.79 Å². The van der Waals surface area contributed by atoms with Crippen molar-refractivity contribution >= 4 is 40.7 Å². The molecular formula is C13H15Cl3N2O. The molecule has 1 unspecified atom stereocenters. The van der Waals surface area contributed by atoms with Gasteiger partial charge in [-0.15, -0.1) is 6.58 Å². The van der Waals surface area contributed by atoms with Gasteiger partial charge in [-0.05, 0) is 19.1 Å². The number of hydrogen-bond acceptors (Lipinski definition) is 2. The van der Waals surface area contributed by atoms with Gasteiger partial charge >= 0.3 is 0 Å². The van der Waals surface area contributed by atoms with Crippen molar-refractivity contribution in [3.63, 3.8) is 0 Å². The lowest BCUT2D eigenvalue weighted by Gasteiger charge is -2.26. The van der Waals surface area contributed by atoms with Crippen molar-refractivity contribution in [2.75, 3.05) is 6.54 Å². The summed E-state index contributed by atoms with van der Waals surface area (Å²) in [6, 6.07) is 7.16. The minimum Gasteiger partial charge on any atom is -0.333 e. The maximum atomic E-state index is 12.1. The van der Waals surface area contributed by atoms with E-state index in [0.29, 0.717) is 12.1 Å². The van der Waals surface area contributed by atoms with Crippen LogP contribution in [0, 0.1) is 6.92 Å². The average Bonchev–Trinajstić information content (AvgIpc) is 2.32. The largest absolute Gasteiger partial charge is 0.333 e. The monoisotopic (exact) mass is 320 g/mol. The van der Waals surface area contributed by atoms with Crippen molar-refractivity contribution in [3.05, 3.63) is 48.0 Å². The molecule has 0 aliphatic heterocycles. The Bertz CT molecular complexity index is 457. The fraction of sp³-hybridized carbons (Fsp3) is 0.308. The van der Waals surface area contributed by atoms with E-state index in [1.165, 1.54) is 0 Å². The predicted octanol–water partition coefficient (Wildman–Crippen LogP) is 3.20. The highest BCUT2D eigenvalue weighted by molar-refractivity contribution is 6.68. The molecule has 6 heteroatoms. The molecule has 0 spiro atoms. The van der Waals surface area contributed by atoms with Crippen molar-refractivity contribution in [3.8, 4) is 0 Å². The molecular weight excluding hydrogens is 307 g/mol. The standard InChI is InChI=1S/C13H15Cl3N2O/c1-3-7-17-12(13(14,15)16)18-11(19)10-6-4-5-9(2)8-10/h3-6,8,12,17H,1,7H2,2H3,(H,18,19). The van der Waals surface area contributed by atoms with E-state index in [2.05, 4.69) is 17.2 Å². The van der Waals surface area contributed by atoms with Crippen molar-refractivity contribution in [1.29, 1.82) is 0 Å². The molecule has 2 N–H and O–H groups in total. The van der Waals surface area contributed by atoms with E-state index in [1.54, 1.807) is 24.3 Å². The third-order valence-electron chi connectivity index (χ3n) is 2.35. The maximum absolute atomic E-state index is 12.1. The van der Waals surface area contributed by atoms with Gasteiger partial charge in [0.25, 0.3) is 5.91 Å². The summed E-state index contributed by atoms with van der Waals surface area (Å²) in [5, 5.41) is 5.52. The van der Waals surface area contributed by atoms with Gasteiger partial charge < -0.3 is 5.32 Å². The lowest BCUT2D eigenvalue weighted by molar-refractivity contribution is 0.0930. The zero-order valence-corrected chi connectivity index (χ0v) is 12.7. The maximum Gasteiger partial charge on any atom is 0.252 e. The molecule has 0 bridgehead atoms. The van der Waals surface area contributed by atoms with Gasteiger partial charge in [-0.2, -0.15) is 0 Å². The van der Waals surface area contributed by atoms with Gasteiger partial charge in [0.1, 0.15) is 6.17 Å². The molecule has 0 aromatic heterocycles. The first-order chi connectivity index (χ1) is 8.84. The molecule has 1 aromatic carbocycles. The van der Waals surface area contributed by atoms with Crippen LogP contribution in [0.1, 0.15) is 15.9 Å². The van der Waals surface area contributed by atoms with Crippen LogP contribution in [0.5, 0.6) is 0 Å². The highest BCUT2D eigenvalue weighted by Crippen LogP contribution is 2.29. The molecule has 0 heterocycles. The summed E-state index contributed by atoms with van der Waals surface area (Å²) in [4.78, 5) is 12.1. The molecule has 19 heavy (non-hydrogen) atoms. The first-order valence-electron chi connectivity index (χ1n) is 5.63. The number of hydrogen-bond donors (Lipinski definition) is 2. The molecule has 1 amide bonds. The Kier molecular flexibility index (Phi) is 6.14. The lowest BCUT2D eigenvalue weighted by atomic mass is 10.1. The summed E-state index contributed by atoms with van der Waals surface area (Å²) in [5.41, 5.74) is 1.50. The predicted molar refractivity (Wildman–Crippen MR) is 80.9 cm³/mol. The van der Waals surface area contributed by atoms with Crippen molar-refractivity contribution in [1.82, 2.24) is 10.6 Å². The SMILES string of the molecule is C=CCNC(NC(=O)c1cccc(C)c1)C(Cl)(Cl)Cl. The van der Waals surface area contributed by atoms with E-state index in [-0.39, 0.29) is 5.91 Å². The molecule has 1 aromatic rings. The first-order valence-corrected chi connectivity index (χ1v) is 6.76. The van der Waals surface area contributed by atoms with Crippen LogP contribution in [0.2, 0.25) is 0 Å². The highest BCUT2D eigenvalue weighted by atomic mass is 35.6. The summed E-state index contributed by atoms with van der Waals surface area (Å²) in [5.74, 6) is -0.309. The lowest BCUT2D eigenvalue weighted by Crippen LogP contribution is -2.53. The fourth-order valence-corrected chi connectivity index (χ4v) is 1.85. The van der Waals surface area contributed by atoms with Crippen molar-refractivity contribution < 1.29 is 4.79 Å². The Labute approximate surface area is 127 Å². The van der Waals surface area contributed by atoms with Gasteiger partial charge in [-0.25, -0.2) is 0 Å². The number of aryl methyl sites for hydroxylation is 1. The fourth-order valence-electron chi connectivity index (χ4n) is 1.45.